The zero-order valence-corrected chi connectivity index (χ0v) is 58.3. The third kappa shape index (κ3) is 32.8. The zero-order valence-electron chi connectivity index (χ0n) is 55.0. The van der Waals surface area contributed by atoms with Gasteiger partial charge in [-0.3, -0.25) is 0 Å². The Morgan fingerprint density at radius 1 is 0.506 bits per heavy atom. The molecule has 0 spiro atoms. The molecule has 11 rings (SSSR count). The van der Waals surface area contributed by atoms with E-state index >= 15 is 0 Å². The van der Waals surface area contributed by atoms with Crippen molar-refractivity contribution in [3.8, 4) is 0 Å². The van der Waals surface area contributed by atoms with Crippen LogP contribution in [0.25, 0.3) is 20.4 Å². The van der Waals surface area contributed by atoms with Crippen molar-refractivity contribution in [2.75, 3.05) is 78.7 Å². The summed E-state index contributed by atoms with van der Waals surface area (Å²) in [7, 11) is 4.40. The van der Waals surface area contributed by atoms with Crippen LogP contribution in [0.15, 0.2) is 48.5 Å². The molecule has 0 saturated carbocycles. The van der Waals surface area contributed by atoms with Gasteiger partial charge in [-0.25, -0.2) is 19.9 Å². The number of hydrogen-bond acceptors (Lipinski definition) is 14. The highest BCUT2D eigenvalue weighted by atomic mass is 32.1. The Morgan fingerprint density at radius 3 is 1.38 bits per heavy atom. The van der Waals surface area contributed by atoms with Crippen LogP contribution in [0.4, 0.5) is 5.13 Å². The van der Waals surface area contributed by atoms with Gasteiger partial charge in [0.05, 0.1) is 46.8 Å². The summed E-state index contributed by atoms with van der Waals surface area (Å²) in [6, 6.07) is 16.2. The highest BCUT2D eigenvalue weighted by Gasteiger charge is 2.20. The average Bonchev–Trinajstić information content (AvgIpc) is 4.35. The number of likely N-dealkylation sites (tertiary alicyclic amines) is 2. The van der Waals surface area contributed by atoms with Gasteiger partial charge in [0.2, 0.25) is 0 Å². The molecule has 81 heavy (non-hydrogen) atoms. The van der Waals surface area contributed by atoms with E-state index in [1.165, 1.54) is 137 Å². The number of nitrogen functional groups attached to an aromatic ring is 1. The summed E-state index contributed by atoms with van der Waals surface area (Å²) < 4.78 is 2.45. The summed E-state index contributed by atoms with van der Waals surface area (Å²) in [5.74, 6) is 6.11. The molecule has 6 aromatic rings. The fourth-order valence-electron chi connectivity index (χ4n) is 8.43. The molecule has 460 valence electrons. The summed E-state index contributed by atoms with van der Waals surface area (Å²) in [4.78, 5) is 28.2. The molecule has 5 aliphatic heterocycles. The maximum absolute atomic E-state index is 5.50. The van der Waals surface area contributed by atoms with E-state index in [1.807, 2.05) is 53.0 Å². The Hall–Kier alpha value is -2.92. The van der Waals surface area contributed by atoms with E-state index in [1.54, 1.807) is 11.3 Å². The van der Waals surface area contributed by atoms with Crippen LogP contribution < -0.4 is 16.4 Å². The Kier molecular flexibility index (Phi) is 38.5. The number of aromatic nitrogens is 4. The minimum absolute atomic E-state index is 0.544. The topological polar surface area (TPSA) is 111 Å². The van der Waals surface area contributed by atoms with Crippen LogP contribution in [0.2, 0.25) is 0 Å². The third-order valence-electron chi connectivity index (χ3n) is 13.0. The van der Waals surface area contributed by atoms with Crippen molar-refractivity contribution in [3.05, 3.63) is 84.7 Å². The van der Waals surface area contributed by atoms with E-state index in [4.69, 9.17) is 5.73 Å². The van der Waals surface area contributed by atoms with Crippen molar-refractivity contribution in [2.24, 2.45) is 29.6 Å². The van der Waals surface area contributed by atoms with Gasteiger partial charge in [-0.05, 0) is 152 Å². The third-order valence-corrected chi connectivity index (χ3v) is 18.0. The Balaban J connectivity index is 0.000000316. The van der Waals surface area contributed by atoms with Crippen molar-refractivity contribution in [2.45, 2.75) is 207 Å². The summed E-state index contributed by atoms with van der Waals surface area (Å²) >= 11 is 7.08. The SMILES string of the molecule is C1CCNC1.CC(C)C.CC(C)C.CC(C)C.CC(C)C1CCN(C)CC1.CC(C)c1nc2c(s1)CN(C)CC2.CC(C)c1nc2c(s1)CNCC2.CC(C)c1nc2ccccc2s1.CCN1CCCC1.Nc1nc2ccccc2s1. The molecule has 9 heterocycles. The number of nitrogens with one attached hydrogen (secondary N) is 2. The molecule has 4 aromatic heterocycles. The van der Waals surface area contributed by atoms with Crippen LogP contribution in [0.5, 0.6) is 0 Å². The van der Waals surface area contributed by atoms with Crippen LogP contribution in [-0.4, -0.2) is 108 Å². The molecule has 14 heteroatoms. The molecule has 0 amide bonds. The number of benzene rings is 2. The van der Waals surface area contributed by atoms with Gasteiger partial charge in [-0.2, -0.15) is 0 Å². The molecule has 10 nitrogen and oxygen atoms in total. The molecule has 3 saturated heterocycles. The zero-order chi connectivity index (χ0) is 60.4. The van der Waals surface area contributed by atoms with Gasteiger partial charge in [-0.15, -0.1) is 34.0 Å². The Morgan fingerprint density at radius 2 is 0.963 bits per heavy atom. The second kappa shape index (κ2) is 42.0. The molecule has 0 atom stereocenters. The van der Waals surface area contributed by atoms with Gasteiger partial charge < -0.3 is 31.1 Å². The number of rotatable bonds is 5. The number of fused-ring (bicyclic) bond motifs is 4. The minimum atomic E-state index is 0.544. The lowest BCUT2D eigenvalue weighted by Gasteiger charge is -2.31. The minimum Gasteiger partial charge on any atom is -0.375 e. The molecule has 4 N–H and O–H groups in total. The first-order chi connectivity index (χ1) is 38.4. The smallest absolute Gasteiger partial charge is 0.181 e. The first kappa shape index (κ1) is 74.2. The van der Waals surface area contributed by atoms with Crippen LogP contribution in [0.3, 0.4) is 0 Å². The molecule has 2 aromatic carbocycles. The lowest BCUT2D eigenvalue weighted by molar-refractivity contribution is 0.185. The van der Waals surface area contributed by atoms with Crippen LogP contribution in [-0.2, 0) is 25.9 Å². The van der Waals surface area contributed by atoms with Gasteiger partial charge in [-0.1, -0.05) is 160 Å². The standard InChI is InChI=1S/C10H16N2S.C10H11NS.C9H14N2S.C9H19N.C7H6N2S.C6H13N.C4H9N.3C4H10/c1-7(2)10-11-8-4-5-12(3)6-9(8)13-10;1-7(2)10-11-8-5-3-4-6-9(8)12-10;1-6(2)9-11-7-3-4-10-5-8(7)12-9;1-8(2)9-4-6-10(3)7-5-9;8-7-9-5-3-1-2-4-6(5)10-7;1-2-7-5-3-4-6-7;1-2-4-5-3-1;3*1-4(2)3/h7H,4-6H2,1-3H3;3-7H,1-2H3;6,10H,3-5H2,1-2H3;8-9H,4-7H2,1-3H3;1-4H,(H2,8,9);2-6H2,1H3;5H,1-4H2;3*4H,1-3H3. The molecule has 0 radical (unpaired) electrons. The van der Waals surface area contributed by atoms with Gasteiger partial charge in [0.15, 0.2) is 5.13 Å². The predicted octanol–water partition coefficient (Wildman–Crippen LogP) is 17.9. The summed E-state index contributed by atoms with van der Waals surface area (Å²) in [6.45, 7) is 53.0. The van der Waals surface area contributed by atoms with Crippen molar-refractivity contribution >= 4 is 70.9 Å². The highest BCUT2D eigenvalue weighted by molar-refractivity contribution is 7.22. The first-order valence-electron chi connectivity index (χ1n) is 31.3. The number of piperidine rings is 1. The lowest BCUT2D eigenvalue weighted by Crippen LogP contribution is -2.32. The fourth-order valence-corrected chi connectivity index (χ4v) is 12.4. The van der Waals surface area contributed by atoms with Gasteiger partial charge >= 0.3 is 0 Å². The second-order valence-electron chi connectivity index (χ2n) is 25.4. The van der Waals surface area contributed by atoms with Gasteiger partial charge in [0.25, 0.3) is 0 Å². The number of hydrogen-bond donors (Lipinski definition) is 3. The molecular formula is C67H118N10S4. The lowest BCUT2D eigenvalue weighted by atomic mass is 9.87. The second-order valence-corrected chi connectivity index (χ2v) is 29.8. The quantitative estimate of drug-likeness (QED) is 0.154. The van der Waals surface area contributed by atoms with Crippen LogP contribution in [0.1, 0.15) is 217 Å². The van der Waals surface area contributed by atoms with Crippen molar-refractivity contribution in [1.29, 1.82) is 0 Å². The average molecular weight is 1190 g/mol. The number of likely N-dealkylation sites (N-methyl/N-ethyl adjacent to an activating group) is 1. The van der Waals surface area contributed by atoms with Crippen LogP contribution in [0, 0.1) is 29.6 Å². The summed E-state index contributed by atoms with van der Waals surface area (Å²) in [5.41, 5.74) is 10.3. The Bertz CT molecular complexity index is 2340. The first-order valence-corrected chi connectivity index (χ1v) is 34.6. The Labute approximate surface area is 512 Å². The summed E-state index contributed by atoms with van der Waals surface area (Å²) in [5, 5.41) is 11.1. The maximum Gasteiger partial charge on any atom is 0.181 e. The molecule has 0 bridgehead atoms. The monoisotopic (exact) mass is 1190 g/mol. The van der Waals surface area contributed by atoms with Gasteiger partial charge in [0, 0.05) is 66.5 Å². The molecule has 0 aliphatic carbocycles. The van der Waals surface area contributed by atoms with E-state index in [0.717, 1.165) is 84.3 Å². The number of thiazole rings is 4. The molecule has 3 fully saturated rings. The number of anilines is 1. The van der Waals surface area contributed by atoms with E-state index < -0.39 is 0 Å². The van der Waals surface area contributed by atoms with Crippen LogP contribution >= 0.6 is 45.3 Å². The molecule has 0 unspecified atom stereocenters. The highest BCUT2D eigenvalue weighted by Crippen LogP contribution is 2.30. The number of nitrogens with zero attached hydrogens (tertiary/aromatic N) is 7. The molecule has 5 aliphatic rings. The van der Waals surface area contributed by atoms with Crippen molar-refractivity contribution in [1.82, 2.24) is 45.3 Å². The van der Waals surface area contributed by atoms with E-state index in [-0.39, 0.29) is 0 Å². The maximum atomic E-state index is 5.50. The fraction of sp³-hybridized carbons (Fsp3) is 0.701. The number of para-hydroxylation sites is 2. The van der Waals surface area contributed by atoms with E-state index in [0.29, 0.717) is 22.9 Å². The largest absolute Gasteiger partial charge is 0.375 e. The van der Waals surface area contributed by atoms with Crippen molar-refractivity contribution in [3.63, 3.8) is 0 Å². The van der Waals surface area contributed by atoms with E-state index in [9.17, 15) is 0 Å². The number of nitrogens with two attached hydrogens (primary N) is 1. The summed E-state index contributed by atoms with van der Waals surface area (Å²) in [6.07, 6.45) is 10.7. The normalized spacial score (nSPS) is 16.1. The van der Waals surface area contributed by atoms with Gasteiger partial charge in [0.1, 0.15) is 0 Å². The van der Waals surface area contributed by atoms with Crippen molar-refractivity contribution < 1.29 is 0 Å². The predicted molar refractivity (Wildman–Crippen MR) is 366 cm³/mol. The molecular weight excluding hydrogens is 1070 g/mol. The van der Waals surface area contributed by atoms with E-state index in [2.05, 4.69) is 202 Å².